The van der Waals surface area contributed by atoms with Crippen LogP contribution in [0.5, 0.6) is 0 Å². The molecule has 0 aliphatic carbocycles. The van der Waals surface area contributed by atoms with Crippen molar-refractivity contribution in [3.05, 3.63) is 69.0 Å². The summed E-state index contributed by atoms with van der Waals surface area (Å²) >= 11 is 7.69. The van der Waals surface area contributed by atoms with Gasteiger partial charge in [0.1, 0.15) is 17.4 Å². The van der Waals surface area contributed by atoms with E-state index in [1.165, 1.54) is 17.6 Å². The maximum absolute atomic E-state index is 13.7. The fourth-order valence-electron chi connectivity index (χ4n) is 3.93. The molecule has 0 atom stereocenters. The molecule has 1 aliphatic rings. The summed E-state index contributed by atoms with van der Waals surface area (Å²) in [5.74, 6) is -0.425. The molecule has 1 amide bonds. The first kappa shape index (κ1) is 22.0. The van der Waals surface area contributed by atoms with Crippen LogP contribution in [0.25, 0.3) is 21.2 Å². The van der Waals surface area contributed by atoms with Crippen LogP contribution in [0.1, 0.15) is 15.9 Å². The third-order valence-corrected chi connectivity index (χ3v) is 7.32. The lowest BCUT2D eigenvalue weighted by molar-refractivity contribution is 0.0391. The van der Waals surface area contributed by atoms with Crippen LogP contribution in [0.4, 0.5) is 5.13 Å². The summed E-state index contributed by atoms with van der Waals surface area (Å²) in [7, 11) is 0. The summed E-state index contributed by atoms with van der Waals surface area (Å²) in [6.45, 7) is 5.87. The van der Waals surface area contributed by atoms with Gasteiger partial charge in [0.2, 0.25) is 5.43 Å². The van der Waals surface area contributed by atoms with Crippen molar-refractivity contribution in [2.45, 2.75) is 6.92 Å². The molecule has 1 fully saturated rings. The molecule has 3 heterocycles. The van der Waals surface area contributed by atoms with Crippen molar-refractivity contribution in [2.75, 3.05) is 44.3 Å². The summed E-state index contributed by atoms with van der Waals surface area (Å²) in [6, 6.07) is 10.7. The Kier molecular flexibility index (Phi) is 6.16. The van der Waals surface area contributed by atoms with E-state index in [0.29, 0.717) is 47.4 Å². The average molecular weight is 484 g/mol. The molecule has 2 aromatic carbocycles. The molecule has 0 saturated carbocycles. The van der Waals surface area contributed by atoms with Gasteiger partial charge in [-0.2, -0.15) is 0 Å². The molecule has 1 saturated heterocycles. The maximum atomic E-state index is 13.7. The number of hydrogen-bond acceptors (Lipinski definition) is 7. The molecule has 33 heavy (non-hydrogen) atoms. The Hall–Kier alpha value is -2.78. The second-order valence-electron chi connectivity index (χ2n) is 7.90. The number of aryl methyl sites for hydroxylation is 1. The van der Waals surface area contributed by atoms with Gasteiger partial charge in [0.05, 0.1) is 28.8 Å². The molecule has 1 aliphatic heterocycles. The number of amides is 1. The van der Waals surface area contributed by atoms with Gasteiger partial charge in [0, 0.05) is 31.2 Å². The van der Waals surface area contributed by atoms with Gasteiger partial charge in [-0.3, -0.25) is 19.4 Å². The SMILES string of the molecule is Cc1c(Cl)ccc2sc(N(CCN3CCOCC3)C(=O)c3coc4ccccc4c3=O)nc12. The first-order valence-electron chi connectivity index (χ1n) is 10.7. The van der Waals surface area contributed by atoms with E-state index in [2.05, 4.69) is 4.90 Å². The van der Waals surface area contributed by atoms with Crippen molar-refractivity contribution in [1.29, 1.82) is 0 Å². The smallest absolute Gasteiger partial charge is 0.267 e. The van der Waals surface area contributed by atoms with Crippen molar-refractivity contribution in [3.8, 4) is 0 Å². The fraction of sp³-hybridized carbons (Fsp3) is 0.292. The number of halogens is 1. The molecule has 9 heteroatoms. The minimum absolute atomic E-state index is 0.00955. The second kappa shape index (κ2) is 9.23. The summed E-state index contributed by atoms with van der Waals surface area (Å²) in [5, 5.41) is 1.53. The number of benzene rings is 2. The largest absolute Gasteiger partial charge is 0.463 e. The van der Waals surface area contributed by atoms with Crippen molar-refractivity contribution in [2.24, 2.45) is 0 Å². The molecule has 0 bridgehead atoms. The number of carbonyl (C=O) groups excluding carboxylic acids is 1. The van der Waals surface area contributed by atoms with Crippen LogP contribution in [-0.2, 0) is 4.74 Å². The van der Waals surface area contributed by atoms with Crippen molar-refractivity contribution >= 4 is 55.2 Å². The number of aromatic nitrogens is 1. The molecular formula is C24H22ClN3O4S. The quantitative estimate of drug-likeness (QED) is 0.420. The monoisotopic (exact) mass is 483 g/mol. The summed E-state index contributed by atoms with van der Waals surface area (Å²) in [6.07, 6.45) is 1.25. The zero-order chi connectivity index (χ0) is 22.9. The van der Waals surface area contributed by atoms with Gasteiger partial charge in [-0.15, -0.1) is 0 Å². The number of rotatable bonds is 5. The van der Waals surface area contributed by atoms with Gasteiger partial charge in [-0.05, 0) is 36.8 Å². The number of ether oxygens (including phenoxy) is 1. The number of fused-ring (bicyclic) bond motifs is 2. The Morgan fingerprint density at radius 2 is 2.00 bits per heavy atom. The number of para-hydroxylation sites is 1. The third kappa shape index (κ3) is 4.27. The normalized spacial score (nSPS) is 14.7. The summed E-state index contributed by atoms with van der Waals surface area (Å²) < 4.78 is 12.0. The summed E-state index contributed by atoms with van der Waals surface area (Å²) in [4.78, 5) is 35.3. The molecule has 0 N–H and O–H groups in total. The highest BCUT2D eigenvalue weighted by Gasteiger charge is 2.26. The van der Waals surface area contributed by atoms with Crippen LogP contribution in [0, 0.1) is 6.92 Å². The topological polar surface area (TPSA) is 75.9 Å². The van der Waals surface area contributed by atoms with Crippen molar-refractivity contribution < 1.29 is 13.9 Å². The van der Waals surface area contributed by atoms with E-state index >= 15 is 0 Å². The van der Waals surface area contributed by atoms with Crippen LogP contribution >= 0.6 is 22.9 Å². The second-order valence-corrected chi connectivity index (χ2v) is 9.32. The molecule has 7 nitrogen and oxygen atoms in total. The van der Waals surface area contributed by atoms with Gasteiger partial charge < -0.3 is 9.15 Å². The predicted molar refractivity (Wildman–Crippen MR) is 131 cm³/mol. The first-order valence-corrected chi connectivity index (χ1v) is 11.9. The van der Waals surface area contributed by atoms with Crippen molar-refractivity contribution in [3.63, 3.8) is 0 Å². The Morgan fingerprint density at radius 3 is 2.82 bits per heavy atom. The number of hydrogen-bond donors (Lipinski definition) is 0. The average Bonchev–Trinajstić information content (AvgIpc) is 3.27. The number of anilines is 1. The van der Waals surface area contributed by atoms with Crippen LogP contribution in [0.3, 0.4) is 0 Å². The zero-order valence-corrected chi connectivity index (χ0v) is 19.6. The van der Waals surface area contributed by atoms with Crippen molar-refractivity contribution in [1.82, 2.24) is 9.88 Å². The third-order valence-electron chi connectivity index (χ3n) is 5.87. The lowest BCUT2D eigenvalue weighted by atomic mass is 10.1. The van der Waals surface area contributed by atoms with Gasteiger partial charge >= 0.3 is 0 Å². The predicted octanol–water partition coefficient (Wildman–Crippen LogP) is 4.34. The fourth-order valence-corrected chi connectivity index (χ4v) is 5.13. The van der Waals surface area contributed by atoms with Gasteiger partial charge in [-0.25, -0.2) is 4.98 Å². The van der Waals surface area contributed by atoms with Gasteiger partial charge in [0.25, 0.3) is 5.91 Å². The van der Waals surface area contributed by atoms with Crippen LogP contribution in [0.15, 0.2) is 51.9 Å². The number of thiazole rings is 1. The molecule has 5 rings (SSSR count). The molecule has 4 aromatic rings. The molecule has 170 valence electrons. The Morgan fingerprint density at radius 1 is 1.21 bits per heavy atom. The number of nitrogens with zero attached hydrogens (tertiary/aromatic N) is 3. The minimum atomic E-state index is -0.425. The van der Waals surface area contributed by atoms with Crippen LogP contribution in [0.2, 0.25) is 5.02 Å². The van der Waals surface area contributed by atoms with Gasteiger partial charge in [0.15, 0.2) is 5.13 Å². The number of carbonyl (C=O) groups is 1. The molecule has 2 aromatic heterocycles. The van der Waals surface area contributed by atoms with Gasteiger partial charge in [-0.1, -0.05) is 35.1 Å². The number of morpholine rings is 1. The standard InChI is InChI=1S/C24H22ClN3O4S/c1-15-18(25)6-7-20-21(15)26-24(33-20)28(9-8-27-10-12-31-13-11-27)23(30)17-14-32-19-5-3-2-4-16(19)22(17)29/h2-7,14H,8-13H2,1H3. The Labute approximate surface area is 199 Å². The van der Waals surface area contributed by atoms with E-state index in [1.807, 2.05) is 19.1 Å². The molecule has 0 unspecified atom stereocenters. The molecule has 0 radical (unpaired) electrons. The highest BCUT2D eigenvalue weighted by atomic mass is 35.5. The van der Waals surface area contributed by atoms with E-state index in [0.717, 1.165) is 28.9 Å². The Balaban J connectivity index is 1.55. The first-order chi connectivity index (χ1) is 16.0. The van der Waals surface area contributed by atoms with E-state index in [4.69, 9.17) is 25.7 Å². The molecular weight excluding hydrogens is 462 g/mol. The van der Waals surface area contributed by atoms with E-state index < -0.39 is 5.91 Å². The highest BCUT2D eigenvalue weighted by Crippen LogP contribution is 2.34. The maximum Gasteiger partial charge on any atom is 0.267 e. The van der Waals surface area contributed by atoms with E-state index in [1.54, 1.807) is 29.2 Å². The van der Waals surface area contributed by atoms with E-state index in [-0.39, 0.29) is 11.0 Å². The lowest BCUT2D eigenvalue weighted by Crippen LogP contribution is -2.44. The molecule has 0 spiro atoms. The highest BCUT2D eigenvalue weighted by molar-refractivity contribution is 7.22. The van der Waals surface area contributed by atoms with Crippen LogP contribution < -0.4 is 10.3 Å². The Bertz CT molecular complexity index is 1390. The lowest BCUT2D eigenvalue weighted by Gasteiger charge is -2.29. The zero-order valence-electron chi connectivity index (χ0n) is 18.0. The van der Waals surface area contributed by atoms with Crippen LogP contribution in [-0.4, -0.2) is 55.2 Å². The van der Waals surface area contributed by atoms with E-state index in [9.17, 15) is 9.59 Å². The minimum Gasteiger partial charge on any atom is -0.463 e. The summed E-state index contributed by atoms with van der Waals surface area (Å²) in [5.41, 5.74) is 1.71.